The van der Waals surface area contributed by atoms with Gasteiger partial charge in [-0.3, -0.25) is 9.10 Å². The van der Waals surface area contributed by atoms with Crippen LogP contribution in [0.15, 0.2) is 65.6 Å². The van der Waals surface area contributed by atoms with Gasteiger partial charge in [0.05, 0.1) is 25.6 Å². The maximum Gasteiger partial charge on any atom is 0.268 e. The Morgan fingerprint density at radius 1 is 0.909 bits per heavy atom. The SMILES string of the molecule is COc1ccc(C)cc1NC(=O)CN(c1ccc(F)cc1)S(=O)(=O)c1cc(C)ccc1OC. The number of hydrogen-bond acceptors (Lipinski definition) is 5. The number of halogens is 1. The zero-order valence-corrected chi connectivity index (χ0v) is 19.6. The fourth-order valence-electron chi connectivity index (χ4n) is 3.27. The Hall–Kier alpha value is -3.59. The topological polar surface area (TPSA) is 84.9 Å². The third kappa shape index (κ3) is 5.43. The summed E-state index contributed by atoms with van der Waals surface area (Å²) >= 11 is 0. The number of carbonyl (C=O) groups is 1. The maximum atomic E-state index is 13.7. The molecule has 9 heteroatoms. The molecule has 7 nitrogen and oxygen atoms in total. The van der Waals surface area contributed by atoms with E-state index in [9.17, 15) is 17.6 Å². The lowest BCUT2D eigenvalue weighted by Gasteiger charge is -2.25. The van der Waals surface area contributed by atoms with Gasteiger partial charge in [-0.2, -0.15) is 0 Å². The highest BCUT2D eigenvalue weighted by Gasteiger charge is 2.30. The van der Waals surface area contributed by atoms with Crippen molar-refractivity contribution >= 4 is 27.3 Å². The molecule has 33 heavy (non-hydrogen) atoms. The molecule has 0 radical (unpaired) electrons. The third-order valence-corrected chi connectivity index (χ3v) is 6.71. The van der Waals surface area contributed by atoms with Crippen molar-refractivity contribution in [2.75, 3.05) is 30.4 Å². The summed E-state index contributed by atoms with van der Waals surface area (Å²) in [5.74, 6) is -0.560. The van der Waals surface area contributed by atoms with Crippen LogP contribution in [0.4, 0.5) is 15.8 Å². The highest BCUT2D eigenvalue weighted by Crippen LogP contribution is 2.31. The van der Waals surface area contributed by atoms with Gasteiger partial charge in [-0.1, -0.05) is 12.1 Å². The summed E-state index contributed by atoms with van der Waals surface area (Å²) in [5, 5.41) is 2.70. The zero-order valence-electron chi connectivity index (χ0n) is 18.8. The maximum absolute atomic E-state index is 13.7. The molecule has 3 aromatic rings. The highest BCUT2D eigenvalue weighted by atomic mass is 32.2. The van der Waals surface area contributed by atoms with Crippen LogP contribution in [0.5, 0.6) is 11.5 Å². The summed E-state index contributed by atoms with van der Waals surface area (Å²) in [6.07, 6.45) is 0. The number of aryl methyl sites for hydroxylation is 2. The molecule has 0 aliphatic heterocycles. The van der Waals surface area contributed by atoms with E-state index in [1.54, 1.807) is 31.2 Å². The first-order chi connectivity index (χ1) is 15.6. The second-order valence-electron chi connectivity index (χ2n) is 7.39. The minimum atomic E-state index is -4.25. The monoisotopic (exact) mass is 472 g/mol. The van der Waals surface area contributed by atoms with Crippen LogP contribution in [-0.4, -0.2) is 35.1 Å². The number of anilines is 2. The van der Waals surface area contributed by atoms with Gasteiger partial charge in [0.25, 0.3) is 10.0 Å². The molecule has 0 atom stereocenters. The molecule has 1 N–H and O–H groups in total. The quantitative estimate of drug-likeness (QED) is 0.529. The molecule has 1 amide bonds. The van der Waals surface area contributed by atoms with E-state index in [-0.39, 0.29) is 16.3 Å². The highest BCUT2D eigenvalue weighted by molar-refractivity contribution is 7.93. The molecule has 0 heterocycles. The summed E-state index contributed by atoms with van der Waals surface area (Å²) in [5.41, 5.74) is 2.12. The van der Waals surface area contributed by atoms with Gasteiger partial charge >= 0.3 is 0 Å². The van der Waals surface area contributed by atoms with E-state index in [0.717, 1.165) is 22.0 Å². The van der Waals surface area contributed by atoms with Crippen molar-refractivity contribution < 1.29 is 27.1 Å². The molecular weight excluding hydrogens is 447 g/mol. The van der Waals surface area contributed by atoms with Crippen molar-refractivity contribution in [2.24, 2.45) is 0 Å². The molecule has 0 fully saturated rings. The third-order valence-electron chi connectivity index (χ3n) is 4.92. The lowest BCUT2D eigenvalue weighted by atomic mass is 10.2. The van der Waals surface area contributed by atoms with Gasteiger partial charge < -0.3 is 14.8 Å². The molecule has 0 bridgehead atoms. The molecule has 3 rings (SSSR count). The molecule has 0 spiro atoms. The average Bonchev–Trinajstić information content (AvgIpc) is 2.78. The normalized spacial score (nSPS) is 11.1. The molecule has 0 aromatic heterocycles. The smallest absolute Gasteiger partial charge is 0.268 e. The van der Waals surface area contributed by atoms with E-state index < -0.39 is 28.3 Å². The fraction of sp³-hybridized carbons (Fsp3) is 0.208. The molecule has 0 saturated carbocycles. The minimum absolute atomic E-state index is 0.102. The molecule has 0 unspecified atom stereocenters. The predicted octanol–water partition coefficient (Wildman–Crippen LogP) is 4.29. The molecule has 0 aliphatic carbocycles. The number of rotatable bonds is 8. The first kappa shape index (κ1) is 24.1. The average molecular weight is 473 g/mol. The van der Waals surface area contributed by atoms with Gasteiger partial charge in [0.2, 0.25) is 5.91 Å². The van der Waals surface area contributed by atoms with E-state index in [1.165, 1.54) is 32.4 Å². The minimum Gasteiger partial charge on any atom is -0.495 e. The Morgan fingerprint density at radius 3 is 2.09 bits per heavy atom. The molecule has 0 saturated heterocycles. The van der Waals surface area contributed by atoms with Gasteiger partial charge in [-0.25, -0.2) is 12.8 Å². The van der Waals surface area contributed by atoms with Gasteiger partial charge in [0.15, 0.2) is 0 Å². The number of benzene rings is 3. The number of amides is 1. The second-order valence-corrected chi connectivity index (χ2v) is 9.23. The van der Waals surface area contributed by atoms with Crippen LogP contribution in [0.3, 0.4) is 0 Å². The Bertz CT molecular complexity index is 1260. The van der Waals surface area contributed by atoms with Crippen LogP contribution in [0, 0.1) is 19.7 Å². The van der Waals surface area contributed by atoms with Crippen LogP contribution in [0.25, 0.3) is 0 Å². The lowest BCUT2D eigenvalue weighted by molar-refractivity contribution is -0.114. The summed E-state index contributed by atoms with van der Waals surface area (Å²) < 4.78 is 52.3. The molecule has 3 aromatic carbocycles. The number of nitrogens with zero attached hydrogens (tertiary/aromatic N) is 1. The van der Waals surface area contributed by atoms with Gasteiger partial charge in [-0.05, 0) is 73.5 Å². The molecule has 0 aliphatic rings. The van der Waals surface area contributed by atoms with Crippen molar-refractivity contribution in [2.45, 2.75) is 18.7 Å². The number of nitrogens with one attached hydrogen (secondary N) is 1. The van der Waals surface area contributed by atoms with Gasteiger partial charge in [-0.15, -0.1) is 0 Å². The Morgan fingerprint density at radius 2 is 1.48 bits per heavy atom. The van der Waals surface area contributed by atoms with Crippen molar-refractivity contribution in [1.29, 1.82) is 0 Å². The molecular formula is C24H25FN2O5S. The van der Waals surface area contributed by atoms with E-state index in [2.05, 4.69) is 5.32 Å². The summed E-state index contributed by atoms with van der Waals surface area (Å²) in [6, 6.07) is 14.8. The fourth-order valence-corrected chi connectivity index (χ4v) is 4.93. The van der Waals surface area contributed by atoms with E-state index in [0.29, 0.717) is 17.0 Å². The summed E-state index contributed by atoms with van der Waals surface area (Å²) in [7, 11) is -1.41. The van der Waals surface area contributed by atoms with E-state index in [1.807, 2.05) is 13.0 Å². The lowest BCUT2D eigenvalue weighted by Crippen LogP contribution is -2.38. The first-order valence-corrected chi connectivity index (χ1v) is 11.5. The first-order valence-electron chi connectivity index (χ1n) is 10.0. The van der Waals surface area contributed by atoms with Gasteiger partial charge in [0.1, 0.15) is 28.8 Å². The summed E-state index contributed by atoms with van der Waals surface area (Å²) in [6.45, 7) is 3.05. The zero-order chi connectivity index (χ0) is 24.2. The number of methoxy groups -OCH3 is 2. The number of carbonyl (C=O) groups excluding carboxylic acids is 1. The largest absolute Gasteiger partial charge is 0.495 e. The van der Waals surface area contributed by atoms with Crippen molar-refractivity contribution in [3.8, 4) is 11.5 Å². The van der Waals surface area contributed by atoms with Crippen LogP contribution in [0.2, 0.25) is 0 Å². The van der Waals surface area contributed by atoms with Crippen LogP contribution < -0.4 is 19.1 Å². The van der Waals surface area contributed by atoms with Crippen molar-refractivity contribution in [3.05, 3.63) is 77.6 Å². The summed E-state index contributed by atoms with van der Waals surface area (Å²) in [4.78, 5) is 12.9. The number of ether oxygens (including phenoxy) is 2. The van der Waals surface area contributed by atoms with Gasteiger partial charge in [0, 0.05) is 0 Å². The van der Waals surface area contributed by atoms with Crippen LogP contribution in [0.1, 0.15) is 11.1 Å². The van der Waals surface area contributed by atoms with Crippen LogP contribution >= 0.6 is 0 Å². The Balaban J connectivity index is 2.03. The standard InChI is InChI=1S/C24H25FN2O5S/c1-16-5-11-21(31-3)20(13-16)26-24(28)15-27(19-9-7-18(25)8-10-19)33(29,30)23-14-17(2)6-12-22(23)32-4/h5-14H,15H2,1-4H3,(H,26,28). The van der Waals surface area contributed by atoms with Crippen molar-refractivity contribution in [1.82, 2.24) is 0 Å². The number of sulfonamides is 1. The molecule has 174 valence electrons. The van der Waals surface area contributed by atoms with E-state index >= 15 is 0 Å². The Kier molecular flexibility index (Phi) is 7.23. The Labute approximate surface area is 192 Å². The predicted molar refractivity (Wildman–Crippen MR) is 125 cm³/mol. The van der Waals surface area contributed by atoms with Crippen LogP contribution in [-0.2, 0) is 14.8 Å². The number of hydrogen-bond donors (Lipinski definition) is 1. The second kappa shape index (κ2) is 9.91. The van der Waals surface area contributed by atoms with E-state index in [4.69, 9.17) is 9.47 Å². The van der Waals surface area contributed by atoms with Crippen molar-refractivity contribution in [3.63, 3.8) is 0 Å².